The molecule has 2 aliphatic heterocycles. The Morgan fingerprint density at radius 3 is 2.65 bits per heavy atom. The number of halogens is 2. The Morgan fingerprint density at radius 2 is 1.81 bits per heavy atom. The molecule has 2 N–H and O–H groups in total. The minimum absolute atomic E-state index is 0.0867. The smallest absolute Gasteiger partial charge is 0.299 e. The summed E-state index contributed by atoms with van der Waals surface area (Å²) in [5.41, 5.74) is 0.913. The number of amides is 1. The molecule has 6 rings (SSSR count). The lowest BCUT2D eigenvalue weighted by Crippen LogP contribution is -2.41. The summed E-state index contributed by atoms with van der Waals surface area (Å²) in [6.45, 7) is 4.44. The SMILES string of the molecule is O=C(NCCN1CCOCC1)c1cccc(Nc2c(Oc3ccc4c(c3)OCO4)cnn(-c3ccc(Cl)c(Cl)c3)c2=O)c1. The lowest BCUT2D eigenvalue weighted by atomic mass is 10.2. The Hall–Kier alpha value is -4.29. The molecule has 1 fully saturated rings. The van der Waals surface area contributed by atoms with Gasteiger partial charge in [0.15, 0.2) is 22.9 Å². The number of morpholine rings is 1. The molecular formula is C30H27Cl2N5O6. The van der Waals surface area contributed by atoms with E-state index in [1.54, 1.807) is 60.7 Å². The topological polar surface area (TPSA) is 116 Å². The second-order valence-corrected chi connectivity index (χ2v) is 10.5. The fraction of sp³-hybridized carbons (Fsp3) is 0.233. The molecule has 13 heteroatoms. The molecule has 0 radical (unpaired) electrons. The highest BCUT2D eigenvalue weighted by molar-refractivity contribution is 6.42. The quantitative estimate of drug-likeness (QED) is 0.269. The van der Waals surface area contributed by atoms with Crippen LogP contribution in [0.5, 0.6) is 23.0 Å². The summed E-state index contributed by atoms with van der Waals surface area (Å²) in [5.74, 6) is 1.46. The second-order valence-electron chi connectivity index (χ2n) is 9.73. The van der Waals surface area contributed by atoms with Gasteiger partial charge in [0.2, 0.25) is 6.79 Å². The Labute approximate surface area is 256 Å². The Bertz CT molecular complexity index is 1710. The zero-order chi connectivity index (χ0) is 29.8. The number of carbonyl (C=O) groups is 1. The van der Waals surface area contributed by atoms with Crippen LogP contribution < -0.4 is 30.4 Å². The van der Waals surface area contributed by atoms with Gasteiger partial charge in [-0.25, -0.2) is 0 Å². The highest BCUT2D eigenvalue weighted by Gasteiger charge is 2.19. The highest BCUT2D eigenvalue weighted by atomic mass is 35.5. The van der Waals surface area contributed by atoms with Crippen LogP contribution in [0.2, 0.25) is 10.0 Å². The fourth-order valence-electron chi connectivity index (χ4n) is 4.64. The van der Waals surface area contributed by atoms with Gasteiger partial charge in [0.05, 0.1) is 35.1 Å². The normalized spacial score (nSPS) is 14.4. The van der Waals surface area contributed by atoms with Crippen LogP contribution in [-0.4, -0.2) is 66.8 Å². The maximum atomic E-state index is 13.8. The van der Waals surface area contributed by atoms with Crippen molar-refractivity contribution in [2.45, 2.75) is 0 Å². The van der Waals surface area contributed by atoms with E-state index in [0.29, 0.717) is 59.0 Å². The molecule has 2 aliphatic rings. The monoisotopic (exact) mass is 623 g/mol. The van der Waals surface area contributed by atoms with Crippen LogP contribution in [0.25, 0.3) is 5.69 Å². The molecule has 0 aliphatic carbocycles. The molecule has 3 aromatic carbocycles. The number of anilines is 2. The largest absolute Gasteiger partial charge is 0.454 e. The third kappa shape index (κ3) is 6.70. The van der Waals surface area contributed by atoms with E-state index in [1.807, 2.05) is 0 Å². The predicted octanol–water partition coefficient (Wildman–Crippen LogP) is 4.87. The zero-order valence-corrected chi connectivity index (χ0v) is 24.4. The van der Waals surface area contributed by atoms with E-state index in [4.69, 9.17) is 42.1 Å². The summed E-state index contributed by atoms with van der Waals surface area (Å²) in [6.07, 6.45) is 1.42. The van der Waals surface area contributed by atoms with Crippen LogP contribution >= 0.6 is 23.2 Å². The maximum Gasteiger partial charge on any atom is 0.299 e. The lowest BCUT2D eigenvalue weighted by molar-refractivity contribution is 0.0383. The molecule has 0 saturated carbocycles. The number of benzene rings is 3. The molecule has 1 amide bonds. The average Bonchev–Trinajstić information content (AvgIpc) is 3.49. The van der Waals surface area contributed by atoms with Crippen LogP contribution in [0, 0.1) is 0 Å². The van der Waals surface area contributed by atoms with E-state index in [2.05, 4.69) is 20.6 Å². The van der Waals surface area contributed by atoms with E-state index in [9.17, 15) is 9.59 Å². The number of nitrogens with zero attached hydrogens (tertiary/aromatic N) is 3. The minimum Gasteiger partial charge on any atom is -0.454 e. The highest BCUT2D eigenvalue weighted by Crippen LogP contribution is 2.38. The van der Waals surface area contributed by atoms with Crippen LogP contribution in [-0.2, 0) is 4.74 Å². The first-order chi connectivity index (χ1) is 20.9. The number of hydrogen-bond donors (Lipinski definition) is 2. The Kier molecular flexibility index (Phi) is 8.66. The first-order valence-corrected chi connectivity index (χ1v) is 14.3. The third-order valence-corrected chi connectivity index (χ3v) is 7.61. The molecule has 0 unspecified atom stereocenters. The first-order valence-electron chi connectivity index (χ1n) is 13.6. The van der Waals surface area contributed by atoms with Gasteiger partial charge < -0.3 is 29.6 Å². The summed E-state index contributed by atoms with van der Waals surface area (Å²) >= 11 is 12.3. The first kappa shape index (κ1) is 28.8. The fourth-order valence-corrected chi connectivity index (χ4v) is 4.93. The van der Waals surface area contributed by atoms with Crippen LogP contribution in [0.1, 0.15) is 10.4 Å². The van der Waals surface area contributed by atoms with Crippen molar-refractivity contribution in [1.29, 1.82) is 0 Å². The van der Waals surface area contributed by atoms with Gasteiger partial charge in [-0.15, -0.1) is 0 Å². The average molecular weight is 624 g/mol. The van der Waals surface area contributed by atoms with E-state index in [0.717, 1.165) is 19.6 Å². The molecule has 1 aromatic heterocycles. The van der Waals surface area contributed by atoms with Gasteiger partial charge in [-0.1, -0.05) is 29.3 Å². The van der Waals surface area contributed by atoms with Crippen molar-refractivity contribution < 1.29 is 23.7 Å². The van der Waals surface area contributed by atoms with Crippen molar-refractivity contribution in [3.63, 3.8) is 0 Å². The minimum atomic E-state index is -0.517. The molecule has 43 heavy (non-hydrogen) atoms. The van der Waals surface area contributed by atoms with Gasteiger partial charge in [-0.05, 0) is 48.5 Å². The lowest BCUT2D eigenvalue weighted by Gasteiger charge is -2.26. The summed E-state index contributed by atoms with van der Waals surface area (Å²) in [7, 11) is 0. The molecule has 0 spiro atoms. The molecule has 4 aromatic rings. The van der Waals surface area contributed by atoms with Gasteiger partial charge in [0.25, 0.3) is 11.5 Å². The molecular weight excluding hydrogens is 597 g/mol. The molecule has 0 bridgehead atoms. The van der Waals surface area contributed by atoms with Gasteiger partial charge in [0, 0.05) is 43.5 Å². The molecule has 0 atom stereocenters. The molecule has 1 saturated heterocycles. The van der Waals surface area contributed by atoms with E-state index >= 15 is 0 Å². The van der Waals surface area contributed by atoms with Crippen LogP contribution in [0.3, 0.4) is 0 Å². The Morgan fingerprint density at radius 1 is 0.977 bits per heavy atom. The second kappa shape index (κ2) is 12.9. The van der Waals surface area contributed by atoms with Gasteiger partial charge in [-0.2, -0.15) is 9.78 Å². The number of carbonyl (C=O) groups excluding carboxylic acids is 1. The maximum absolute atomic E-state index is 13.8. The van der Waals surface area contributed by atoms with Crippen LogP contribution in [0.4, 0.5) is 11.4 Å². The standard InChI is InChI=1S/C30H27Cl2N5O6/c31-23-6-4-21(15-24(23)32)37-30(39)28(27(17-34-37)43-22-5-7-25-26(16-22)42-18-41-25)35-20-3-1-2-19(14-20)29(38)33-8-9-36-10-12-40-13-11-36/h1-7,14-17,35H,8-13,18H2,(H,33,38). The van der Waals surface area contributed by atoms with Crippen molar-refractivity contribution in [2.24, 2.45) is 0 Å². The summed E-state index contributed by atoms with van der Waals surface area (Å²) < 4.78 is 23.5. The summed E-state index contributed by atoms with van der Waals surface area (Å²) in [5, 5.41) is 11.0. The van der Waals surface area contributed by atoms with E-state index < -0.39 is 5.56 Å². The zero-order valence-electron chi connectivity index (χ0n) is 22.8. The number of nitrogens with one attached hydrogen (secondary N) is 2. The number of aromatic nitrogens is 2. The third-order valence-electron chi connectivity index (χ3n) is 6.87. The van der Waals surface area contributed by atoms with Crippen molar-refractivity contribution in [1.82, 2.24) is 20.0 Å². The summed E-state index contributed by atoms with van der Waals surface area (Å²) in [6, 6.07) is 16.7. The van der Waals surface area contributed by atoms with Crippen molar-refractivity contribution in [2.75, 3.05) is 51.5 Å². The van der Waals surface area contributed by atoms with Gasteiger partial charge in [-0.3, -0.25) is 14.5 Å². The van der Waals surface area contributed by atoms with Gasteiger partial charge >= 0.3 is 0 Å². The number of rotatable bonds is 9. The number of fused-ring (bicyclic) bond motifs is 1. The predicted molar refractivity (Wildman–Crippen MR) is 162 cm³/mol. The molecule has 11 nitrogen and oxygen atoms in total. The van der Waals surface area contributed by atoms with E-state index in [1.165, 1.54) is 10.9 Å². The van der Waals surface area contributed by atoms with Crippen molar-refractivity contribution in [3.05, 3.63) is 92.8 Å². The van der Waals surface area contributed by atoms with Gasteiger partial charge in [0.1, 0.15) is 5.75 Å². The van der Waals surface area contributed by atoms with E-state index in [-0.39, 0.29) is 29.2 Å². The number of ether oxygens (including phenoxy) is 4. The molecule has 222 valence electrons. The molecule has 3 heterocycles. The summed E-state index contributed by atoms with van der Waals surface area (Å²) in [4.78, 5) is 29.0. The number of hydrogen-bond acceptors (Lipinski definition) is 9. The Balaban J connectivity index is 1.27. The van der Waals surface area contributed by atoms with Crippen molar-refractivity contribution >= 4 is 40.5 Å². The van der Waals surface area contributed by atoms with Crippen LogP contribution in [0.15, 0.2) is 71.7 Å². The van der Waals surface area contributed by atoms with Crippen molar-refractivity contribution in [3.8, 4) is 28.7 Å².